The van der Waals surface area contributed by atoms with Gasteiger partial charge in [0, 0.05) is 5.56 Å². The van der Waals surface area contributed by atoms with Crippen molar-refractivity contribution in [2.75, 3.05) is 0 Å². The van der Waals surface area contributed by atoms with Crippen LogP contribution in [0.4, 0.5) is 0 Å². The van der Waals surface area contributed by atoms with E-state index in [9.17, 15) is 9.59 Å². The second-order valence-electron chi connectivity index (χ2n) is 5.72. The summed E-state index contributed by atoms with van der Waals surface area (Å²) in [6.07, 6.45) is 2.72. The number of ether oxygens (including phenoxy) is 1. The smallest absolute Gasteiger partial charge is 0.363 e. The molecule has 5 nitrogen and oxygen atoms in total. The van der Waals surface area contributed by atoms with E-state index in [1.165, 1.54) is 12.3 Å². The van der Waals surface area contributed by atoms with E-state index in [-0.39, 0.29) is 22.6 Å². The van der Waals surface area contributed by atoms with Crippen LogP contribution < -0.4 is 5.43 Å². The number of nitrogens with zero attached hydrogens (tertiary/aromatic N) is 1. The highest BCUT2D eigenvalue weighted by atomic mass is 16.6. The molecule has 0 saturated heterocycles. The zero-order chi connectivity index (χ0) is 17.4. The average molecular weight is 331 g/mol. The van der Waals surface area contributed by atoms with Crippen molar-refractivity contribution < 1.29 is 13.9 Å². The van der Waals surface area contributed by atoms with Gasteiger partial charge in [-0.1, -0.05) is 29.8 Å². The monoisotopic (exact) mass is 331 g/mol. The summed E-state index contributed by atoms with van der Waals surface area (Å²) >= 11 is 0. The molecule has 0 N–H and O–H groups in total. The lowest BCUT2D eigenvalue weighted by molar-refractivity contribution is -0.129. The second kappa shape index (κ2) is 5.87. The van der Waals surface area contributed by atoms with E-state index in [1.54, 1.807) is 24.3 Å². The van der Waals surface area contributed by atoms with Gasteiger partial charge >= 0.3 is 5.97 Å². The van der Waals surface area contributed by atoms with Crippen molar-refractivity contribution in [2.45, 2.75) is 6.92 Å². The maximum Gasteiger partial charge on any atom is 0.363 e. The number of hydrogen-bond donors (Lipinski definition) is 0. The Kier molecular flexibility index (Phi) is 3.54. The summed E-state index contributed by atoms with van der Waals surface area (Å²) in [7, 11) is 0. The van der Waals surface area contributed by atoms with E-state index in [0.29, 0.717) is 16.5 Å². The van der Waals surface area contributed by atoms with Gasteiger partial charge in [-0.15, -0.1) is 0 Å². The lowest BCUT2D eigenvalue weighted by atomic mass is 10.1. The van der Waals surface area contributed by atoms with Crippen LogP contribution in [0.15, 0.2) is 74.7 Å². The molecule has 3 aromatic rings. The molecule has 4 rings (SSSR count). The zero-order valence-electron chi connectivity index (χ0n) is 13.4. The molecule has 0 spiro atoms. The molecule has 25 heavy (non-hydrogen) atoms. The van der Waals surface area contributed by atoms with E-state index in [1.807, 2.05) is 31.2 Å². The third kappa shape index (κ3) is 2.76. The lowest BCUT2D eigenvalue weighted by Gasteiger charge is -1.99. The molecule has 2 heterocycles. The number of para-hydroxylation sites is 1. The molecule has 0 radical (unpaired) electrons. The molecular formula is C20H13NO4. The highest BCUT2D eigenvalue weighted by Crippen LogP contribution is 2.20. The average Bonchev–Trinajstić information content (AvgIpc) is 2.98. The van der Waals surface area contributed by atoms with E-state index in [0.717, 1.165) is 5.56 Å². The van der Waals surface area contributed by atoms with Gasteiger partial charge in [0.1, 0.15) is 11.8 Å². The maximum atomic E-state index is 12.5. The van der Waals surface area contributed by atoms with E-state index in [2.05, 4.69) is 4.99 Å². The lowest BCUT2D eigenvalue weighted by Crippen LogP contribution is -2.07. The third-order valence-corrected chi connectivity index (χ3v) is 3.88. The van der Waals surface area contributed by atoms with Gasteiger partial charge in [0.15, 0.2) is 11.1 Å². The summed E-state index contributed by atoms with van der Waals surface area (Å²) in [4.78, 5) is 28.8. The van der Waals surface area contributed by atoms with Crippen LogP contribution in [0.5, 0.6) is 0 Å². The Balaban J connectivity index is 1.78. The standard InChI is InChI=1S/C20H13NO4/c1-12-5-4-6-13(9-12)19-21-16(20(23)25-19)10-14-11-24-17-8-3-2-7-15(17)18(14)22/h2-11H,1H3/b16-10-. The van der Waals surface area contributed by atoms with Crippen molar-refractivity contribution in [2.24, 2.45) is 4.99 Å². The fourth-order valence-electron chi connectivity index (χ4n) is 2.65. The van der Waals surface area contributed by atoms with Crippen molar-refractivity contribution in [3.05, 3.63) is 87.4 Å². The number of cyclic esters (lactones) is 1. The largest absolute Gasteiger partial charge is 0.463 e. The van der Waals surface area contributed by atoms with Gasteiger partial charge in [-0.05, 0) is 37.3 Å². The Morgan fingerprint density at radius 3 is 2.72 bits per heavy atom. The first-order valence-electron chi connectivity index (χ1n) is 7.72. The minimum Gasteiger partial charge on any atom is -0.463 e. The van der Waals surface area contributed by atoms with Gasteiger partial charge in [0.2, 0.25) is 5.90 Å². The van der Waals surface area contributed by atoms with Gasteiger partial charge in [0.25, 0.3) is 0 Å². The van der Waals surface area contributed by atoms with Crippen molar-refractivity contribution in [1.29, 1.82) is 0 Å². The number of hydrogen-bond acceptors (Lipinski definition) is 5. The van der Waals surface area contributed by atoms with Crippen molar-refractivity contribution in [3.8, 4) is 0 Å². The summed E-state index contributed by atoms with van der Waals surface area (Å²) in [5.41, 5.74) is 2.33. The number of benzene rings is 2. The molecular weight excluding hydrogens is 318 g/mol. The van der Waals surface area contributed by atoms with Gasteiger partial charge < -0.3 is 9.15 Å². The van der Waals surface area contributed by atoms with Crippen LogP contribution in [0.2, 0.25) is 0 Å². The molecule has 0 atom stereocenters. The second-order valence-corrected chi connectivity index (χ2v) is 5.72. The summed E-state index contributed by atoms with van der Waals surface area (Å²) in [5.74, 6) is -0.366. The van der Waals surface area contributed by atoms with Crippen LogP contribution in [-0.4, -0.2) is 11.9 Å². The molecule has 0 unspecified atom stereocenters. The Bertz CT molecular complexity index is 1120. The Labute approximate surface area is 142 Å². The van der Waals surface area contributed by atoms with Crippen molar-refractivity contribution in [3.63, 3.8) is 0 Å². The number of rotatable bonds is 2. The van der Waals surface area contributed by atoms with Gasteiger partial charge in [-0.2, -0.15) is 0 Å². The van der Waals surface area contributed by atoms with E-state index in [4.69, 9.17) is 9.15 Å². The number of esters is 1. The van der Waals surface area contributed by atoms with Crippen molar-refractivity contribution >= 4 is 28.9 Å². The zero-order valence-corrected chi connectivity index (χ0v) is 13.4. The quantitative estimate of drug-likeness (QED) is 0.533. The minimum absolute atomic E-state index is 0.0686. The van der Waals surface area contributed by atoms with Gasteiger partial charge in [-0.25, -0.2) is 9.79 Å². The molecule has 1 aromatic heterocycles. The fourth-order valence-corrected chi connectivity index (χ4v) is 2.65. The molecule has 2 aromatic carbocycles. The van der Waals surface area contributed by atoms with Gasteiger partial charge in [-0.3, -0.25) is 4.79 Å². The third-order valence-electron chi connectivity index (χ3n) is 3.88. The topological polar surface area (TPSA) is 68.9 Å². The highest BCUT2D eigenvalue weighted by Gasteiger charge is 2.24. The van der Waals surface area contributed by atoms with E-state index < -0.39 is 5.97 Å². The Morgan fingerprint density at radius 2 is 1.88 bits per heavy atom. The molecule has 1 aliphatic rings. The fraction of sp³-hybridized carbons (Fsp3) is 0.0500. The predicted molar refractivity (Wildman–Crippen MR) is 94.3 cm³/mol. The summed E-state index contributed by atoms with van der Waals surface area (Å²) in [5, 5.41) is 0.450. The molecule has 0 aliphatic carbocycles. The first-order valence-corrected chi connectivity index (χ1v) is 7.72. The first-order chi connectivity index (χ1) is 12.1. The molecule has 0 saturated carbocycles. The molecule has 122 valence electrons. The summed E-state index contributed by atoms with van der Waals surface area (Å²) in [6, 6.07) is 14.4. The van der Waals surface area contributed by atoms with Crippen LogP contribution in [0.1, 0.15) is 16.7 Å². The van der Waals surface area contributed by atoms with Gasteiger partial charge in [0.05, 0.1) is 10.9 Å². The Hall–Kier alpha value is -3.47. The molecule has 0 bridgehead atoms. The van der Waals surface area contributed by atoms with Crippen LogP contribution in [0.25, 0.3) is 17.0 Å². The SMILES string of the molecule is Cc1cccc(C2=N/C(=C\c3coc4ccccc4c3=O)C(=O)O2)c1. The van der Waals surface area contributed by atoms with Crippen LogP contribution in [0.3, 0.4) is 0 Å². The number of carbonyl (C=O) groups excluding carboxylic acids is 1. The Morgan fingerprint density at radius 1 is 1.04 bits per heavy atom. The minimum atomic E-state index is -0.593. The number of aliphatic imine (C=N–C) groups is 1. The summed E-state index contributed by atoms with van der Waals surface area (Å²) in [6.45, 7) is 1.94. The number of aryl methyl sites for hydroxylation is 1. The maximum absolute atomic E-state index is 12.5. The van der Waals surface area contributed by atoms with Crippen LogP contribution >= 0.6 is 0 Å². The van der Waals surface area contributed by atoms with Crippen LogP contribution in [0, 0.1) is 6.92 Å². The number of carbonyl (C=O) groups is 1. The van der Waals surface area contributed by atoms with E-state index >= 15 is 0 Å². The van der Waals surface area contributed by atoms with Crippen molar-refractivity contribution in [1.82, 2.24) is 0 Å². The molecule has 0 fully saturated rings. The normalized spacial score (nSPS) is 15.5. The first kappa shape index (κ1) is 15.1. The summed E-state index contributed by atoms with van der Waals surface area (Å²) < 4.78 is 10.7. The molecule has 5 heteroatoms. The number of fused-ring (bicyclic) bond motifs is 1. The molecule has 1 aliphatic heterocycles. The predicted octanol–water partition coefficient (Wildman–Crippen LogP) is 3.45. The molecule has 0 amide bonds. The van der Waals surface area contributed by atoms with Crippen LogP contribution in [-0.2, 0) is 9.53 Å². The highest BCUT2D eigenvalue weighted by molar-refractivity contribution is 6.12.